The number of thiophene rings is 1. The molecule has 0 aliphatic carbocycles. The summed E-state index contributed by atoms with van der Waals surface area (Å²) in [6.45, 7) is 0. The van der Waals surface area contributed by atoms with Gasteiger partial charge in [-0.25, -0.2) is 0 Å². The number of benzene rings is 7. The molecule has 1 heterocycles. The van der Waals surface area contributed by atoms with Crippen molar-refractivity contribution in [3.63, 3.8) is 0 Å². The van der Waals surface area contributed by atoms with Gasteiger partial charge in [0.2, 0.25) is 0 Å². The van der Waals surface area contributed by atoms with Crippen LogP contribution in [0.1, 0.15) is 6.85 Å². The van der Waals surface area contributed by atoms with Crippen molar-refractivity contribution >= 4 is 53.1 Å². The second kappa shape index (κ2) is 8.94. The quantitative estimate of drug-likeness (QED) is 0.204. The third-order valence-corrected chi connectivity index (χ3v) is 8.70. The van der Waals surface area contributed by atoms with Gasteiger partial charge in [0.15, 0.2) is 0 Å². The first kappa shape index (κ1) is 17.7. The third kappa shape index (κ3) is 3.59. The Balaban J connectivity index is 1.45. The van der Waals surface area contributed by atoms with Crippen molar-refractivity contribution in [2.45, 2.75) is 0 Å². The first-order valence-corrected chi connectivity index (χ1v) is 13.8. The molecule has 0 unspecified atom stereocenters. The van der Waals surface area contributed by atoms with Crippen molar-refractivity contribution in [2.24, 2.45) is 0 Å². The summed E-state index contributed by atoms with van der Waals surface area (Å²) in [4.78, 5) is 0. The Kier molecular flexibility index (Phi) is 4.06. The van der Waals surface area contributed by atoms with E-state index in [0.717, 1.165) is 32.7 Å². The SMILES string of the molecule is [2H]c1c([2H])c([2H])c(-c2c3ccccc3c(-c3ccc4sc5ccc(-c6ccccc6)cc5c4c3)c3ccccc23)c([2H])c1[2H]. The molecule has 7 aromatic carbocycles. The van der Waals surface area contributed by atoms with Crippen LogP contribution >= 0.6 is 11.3 Å². The first-order chi connectivity index (χ1) is 21.4. The average Bonchev–Trinajstić information content (AvgIpc) is 3.44. The fraction of sp³-hybridized carbons (Fsp3) is 0. The van der Waals surface area contributed by atoms with Gasteiger partial charge in [0.05, 0.1) is 6.85 Å². The summed E-state index contributed by atoms with van der Waals surface area (Å²) >= 11 is 1.79. The van der Waals surface area contributed by atoms with E-state index < -0.39 is 0 Å². The van der Waals surface area contributed by atoms with Gasteiger partial charge in [-0.1, -0.05) is 121 Å². The maximum Gasteiger partial charge on any atom is 0.0629 e. The number of hydrogen-bond acceptors (Lipinski definition) is 1. The zero-order valence-corrected chi connectivity index (χ0v) is 21.7. The minimum absolute atomic E-state index is 0.195. The van der Waals surface area contributed by atoms with E-state index in [1.54, 1.807) is 11.3 Å². The van der Waals surface area contributed by atoms with Gasteiger partial charge >= 0.3 is 0 Å². The molecule has 0 atom stereocenters. The Bertz CT molecular complexity index is 2360. The van der Waals surface area contributed by atoms with Gasteiger partial charge in [-0.3, -0.25) is 0 Å². The predicted octanol–water partition coefficient (Wildman–Crippen LogP) is 11.4. The highest BCUT2D eigenvalue weighted by atomic mass is 32.1. The molecule has 0 spiro atoms. The van der Waals surface area contributed by atoms with Crippen molar-refractivity contribution in [3.05, 3.63) is 145 Å². The topological polar surface area (TPSA) is 0 Å². The summed E-state index contributed by atoms with van der Waals surface area (Å²) in [5.74, 6) is 0. The summed E-state index contributed by atoms with van der Waals surface area (Å²) in [6.07, 6.45) is 0. The Morgan fingerprint density at radius 1 is 0.385 bits per heavy atom. The van der Waals surface area contributed by atoms with Gasteiger partial charge in [0.1, 0.15) is 0 Å². The molecule has 39 heavy (non-hydrogen) atoms. The molecular weight excluding hydrogens is 488 g/mol. The van der Waals surface area contributed by atoms with Crippen LogP contribution in [0.15, 0.2) is 145 Å². The van der Waals surface area contributed by atoms with Crippen LogP contribution < -0.4 is 0 Å². The second-order valence-corrected chi connectivity index (χ2v) is 10.8. The molecule has 1 aromatic heterocycles. The van der Waals surface area contributed by atoms with E-state index in [1.807, 2.05) is 42.5 Å². The lowest BCUT2D eigenvalue weighted by molar-refractivity contribution is 1.66. The van der Waals surface area contributed by atoms with Gasteiger partial charge in [-0.2, -0.15) is 0 Å². The molecule has 0 N–H and O–H groups in total. The molecule has 0 bridgehead atoms. The number of rotatable bonds is 3. The van der Waals surface area contributed by atoms with Crippen LogP contribution in [-0.4, -0.2) is 0 Å². The normalized spacial score (nSPS) is 13.4. The smallest absolute Gasteiger partial charge is 0.0629 e. The van der Waals surface area contributed by atoms with Crippen LogP contribution in [-0.2, 0) is 0 Å². The Morgan fingerprint density at radius 2 is 0.872 bits per heavy atom. The van der Waals surface area contributed by atoms with E-state index in [-0.39, 0.29) is 35.8 Å². The summed E-state index contributed by atoms with van der Waals surface area (Å²) < 4.78 is 44.9. The largest absolute Gasteiger partial charge is 0.135 e. The van der Waals surface area contributed by atoms with Crippen molar-refractivity contribution in [2.75, 3.05) is 0 Å². The van der Waals surface area contributed by atoms with Gasteiger partial charge in [0.25, 0.3) is 0 Å². The molecular formula is C38H24S. The van der Waals surface area contributed by atoms with Crippen molar-refractivity contribution in [1.82, 2.24) is 0 Å². The molecule has 182 valence electrons. The van der Waals surface area contributed by atoms with Crippen molar-refractivity contribution < 1.29 is 6.85 Å². The highest BCUT2D eigenvalue weighted by molar-refractivity contribution is 7.25. The molecule has 0 saturated heterocycles. The van der Waals surface area contributed by atoms with Crippen molar-refractivity contribution in [1.29, 1.82) is 0 Å². The van der Waals surface area contributed by atoms with Crippen LogP contribution in [0.5, 0.6) is 0 Å². The first-order valence-electron chi connectivity index (χ1n) is 15.4. The lowest BCUT2D eigenvalue weighted by atomic mass is 9.86. The Morgan fingerprint density at radius 3 is 1.46 bits per heavy atom. The molecule has 0 aliphatic heterocycles. The Labute approximate surface area is 238 Å². The molecule has 0 saturated carbocycles. The van der Waals surface area contributed by atoms with Crippen LogP contribution in [0.3, 0.4) is 0 Å². The molecule has 0 aliphatic rings. The van der Waals surface area contributed by atoms with E-state index >= 15 is 0 Å². The monoisotopic (exact) mass is 517 g/mol. The van der Waals surface area contributed by atoms with Crippen LogP contribution in [0.25, 0.3) is 75.1 Å². The van der Waals surface area contributed by atoms with Gasteiger partial charge in [-0.05, 0) is 79.2 Å². The van der Waals surface area contributed by atoms with E-state index in [0.29, 0.717) is 5.56 Å². The lowest BCUT2D eigenvalue weighted by Crippen LogP contribution is -1.90. The second-order valence-electron chi connectivity index (χ2n) is 9.73. The minimum Gasteiger partial charge on any atom is -0.135 e. The van der Waals surface area contributed by atoms with E-state index in [2.05, 4.69) is 72.8 Å². The fourth-order valence-corrected chi connectivity index (χ4v) is 6.89. The van der Waals surface area contributed by atoms with Crippen LogP contribution in [0.4, 0.5) is 0 Å². The summed E-state index contributed by atoms with van der Waals surface area (Å²) in [6, 6.07) is 38.3. The van der Waals surface area contributed by atoms with E-state index in [4.69, 9.17) is 6.85 Å². The molecule has 8 rings (SSSR count). The maximum absolute atomic E-state index is 8.80. The zero-order valence-electron chi connectivity index (χ0n) is 25.9. The average molecular weight is 518 g/mol. The Hall–Kier alpha value is -4.72. The molecule has 0 nitrogen and oxygen atoms in total. The van der Waals surface area contributed by atoms with E-state index in [9.17, 15) is 0 Å². The number of fused-ring (bicyclic) bond motifs is 5. The van der Waals surface area contributed by atoms with E-state index in [1.165, 1.54) is 31.3 Å². The highest BCUT2D eigenvalue weighted by Crippen LogP contribution is 2.45. The summed E-state index contributed by atoms with van der Waals surface area (Å²) in [5, 5.41) is 6.05. The minimum atomic E-state index is -0.388. The van der Waals surface area contributed by atoms with Crippen molar-refractivity contribution in [3.8, 4) is 33.4 Å². The van der Waals surface area contributed by atoms with Gasteiger partial charge in [-0.15, -0.1) is 11.3 Å². The third-order valence-electron chi connectivity index (χ3n) is 7.55. The fourth-order valence-electron chi connectivity index (χ4n) is 5.83. The zero-order chi connectivity index (χ0) is 30.1. The highest BCUT2D eigenvalue weighted by Gasteiger charge is 2.17. The summed E-state index contributed by atoms with van der Waals surface area (Å²) in [7, 11) is 0. The van der Waals surface area contributed by atoms with Gasteiger partial charge in [0, 0.05) is 20.2 Å². The molecule has 1 heteroatoms. The standard InChI is InChI=1S/C38H24S/c1-3-11-25(12-4-1)27-19-21-35-33(23-27)34-24-28(20-22-36(34)39-35)38-31-17-9-7-15-29(31)37(26-13-5-2-6-14-26)30-16-8-10-18-32(30)38/h1-24H/i2D,5D,6D,13D,14D. The lowest BCUT2D eigenvalue weighted by Gasteiger charge is -2.17. The molecule has 8 aromatic rings. The predicted molar refractivity (Wildman–Crippen MR) is 171 cm³/mol. The number of hydrogen-bond donors (Lipinski definition) is 0. The molecule has 0 amide bonds. The summed E-state index contributed by atoms with van der Waals surface area (Å²) in [5.41, 5.74) is 5.39. The molecule has 0 fully saturated rings. The van der Waals surface area contributed by atoms with Crippen LogP contribution in [0, 0.1) is 0 Å². The van der Waals surface area contributed by atoms with Gasteiger partial charge < -0.3 is 0 Å². The molecule has 0 radical (unpaired) electrons. The maximum atomic E-state index is 8.80. The van der Waals surface area contributed by atoms with Crippen LogP contribution in [0.2, 0.25) is 0 Å².